The van der Waals surface area contributed by atoms with Crippen molar-refractivity contribution >= 4 is 41.4 Å². The Bertz CT molecular complexity index is 1120. The molecule has 0 unspecified atom stereocenters. The molecule has 3 fully saturated rings. The van der Waals surface area contributed by atoms with Crippen LogP contribution in [-0.2, 0) is 33.6 Å². The Kier molecular flexibility index (Phi) is 11.4. The molecule has 0 bridgehead atoms. The summed E-state index contributed by atoms with van der Waals surface area (Å²) < 4.78 is 0. The van der Waals surface area contributed by atoms with E-state index in [-0.39, 0.29) is 32.0 Å². The van der Waals surface area contributed by atoms with Crippen LogP contribution in [0.25, 0.3) is 0 Å². The van der Waals surface area contributed by atoms with Crippen LogP contribution >= 0.6 is 0 Å². The molecular weight excluding hydrogens is 566 g/mol. The summed E-state index contributed by atoms with van der Waals surface area (Å²) in [4.78, 5) is 92.6. The van der Waals surface area contributed by atoms with Crippen molar-refractivity contribution in [3.8, 4) is 0 Å². The van der Waals surface area contributed by atoms with Gasteiger partial charge >= 0.3 is 5.97 Å². The highest BCUT2D eigenvalue weighted by molar-refractivity contribution is 5.97. The summed E-state index contributed by atoms with van der Waals surface area (Å²) >= 11 is 0. The van der Waals surface area contributed by atoms with Gasteiger partial charge in [0.05, 0.1) is 12.6 Å². The third-order valence-corrected chi connectivity index (χ3v) is 8.24. The molecule has 0 saturated carbocycles. The molecule has 3 aliphatic rings. The number of nitrogens with one attached hydrogen (secondary N) is 3. The van der Waals surface area contributed by atoms with E-state index in [1.807, 2.05) is 0 Å². The highest BCUT2D eigenvalue weighted by Gasteiger charge is 2.42. The number of hydrogen-bond donors (Lipinski definition) is 6. The predicted molar refractivity (Wildman–Crippen MR) is 150 cm³/mol. The van der Waals surface area contributed by atoms with Crippen LogP contribution in [0.5, 0.6) is 0 Å². The van der Waals surface area contributed by atoms with Gasteiger partial charge in [0.2, 0.25) is 35.4 Å². The van der Waals surface area contributed by atoms with Gasteiger partial charge in [0.25, 0.3) is 0 Å². The molecule has 16 nitrogen and oxygen atoms in total. The third-order valence-electron chi connectivity index (χ3n) is 8.24. The third kappa shape index (κ3) is 7.79. The Morgan fingerprint density at radius 3 is 1.70 bits per heavy atom. The number of aliphatic hydroxyl groups is 1. The zero-order valence-corrected chi connectivity index (χ0v) is 24.8. The summed E-state index contributed by atoms with van der Waals surface area (Å²) in [6.45, 7) is 4.73. The summed E-state index contributed by atoms with van der Waals surface area (Å²) in [6.07, 6.45) is 1.30. The van der Waals surface area contributed by atoms with E-state index >= 15 is 0 Å². The Labute approximate surface area is 249 Å². The van der Waals surface area contributed by atoms with Crippen LogP contribution in [0, 0.1) is 0 Å². The Hall–Kier alpha value is -3.79. The van der Waals surface area contributed by atoms with E-state index in [0.717, 1.165) is 0 Å². The van der Waals surface area contributed by atoms with Gasteiger partial charge in [-0.2, -0.15) is 0 Å². The first kappa shape index (κ1) is 33.7. The van der Waals surface area contributed by atoms with Gasteiger partial charge in [0, 0.05) is 19.6 Å². The van der Waals surface area contributed by atoms with Crippen molar-refractivity contribution in [1.82, 2.24) is 30.7 Å². The average Bonchev–Trinajstić information content (AvgIpc) is 3.74. The molecular formula is C27H43N7O9. The van der Waals surface area contributed by atoms with Crippen molar-refractivity contribution < 1.29 is 43.8 Å². The van der Waals surface area contributed by atoms with E-state index in [4.69, 9.17) is 5.73 Å². The fraction of sp³-hybridized carbons (Fsp3) is 0.741. The second kappa shape index (κ2) is 14.6. The van der Waals surface area contributed by atoms with E-state index in [1.54, 1.807) is 0 Å². The average molecular weight is 610 g/mol. The van der Waals surface area contributed by atoms with Crippen molar-refractivity contribution in [1.29, 1.82) is 0 Å². The lowest BCUT2D eigenvalue weighted by atomic mass is 10.1. The smallest absolute Gasteiger partial charge is 0.326 e. The topological polar surface area (TPSA) is 232 Å². The lowest BCUT2D eigenvalue weighted by molar-refractivity contribution is -0.149. The number of aliphatic carboxylic acids is 1. The van der Waals surface area contributed by atoms with Gasteiger partial charge in [-0.1, -0.05) is 0 Å². The molecule has 0 aliphatic carbocycles. The number of carboxylic acid groups (broad SMARTS) is 1. The molecule has 3 aliphatic heterocycles. The molecule has 0 spiro atoms. The fourth-order valence-electron chi connectivity index (χ4n) is 5.89. The van der Waals surface area contributed by atoms with E-state index in [1.165, 1.54) is 35.5 Å². The van der Waals surface area contributed by atoms with Crippen molar-refractivity contribution in [3.63, 3.8) is 0 Å². The Balaban J connectivity index is 1.60. The van der Waals surface area contributed by atoms with E-state index < -0.39 is 77.9 Å². The molecule has 0 aromatic heterocycles. The summed E-state index contributed by atoms with van der Waals surface area (Å²) in [5, 5.41) is 27.3. The van der Waals surface area contributed by atoms with Crippen molar-refractivity contribution in [2.45, 2.75) is 102 Å². The number of carbonyl (C=O) groups is 7. The minimum absolute atomic E-state index is 0.171. The van der Waals surface area contributed by atoms with E-state index in [9.17, 15) is 43.8 Å². The molecule has 7 N–H and O–H groups in total. The first-order valence-electron chi connectivity index (χ1n) is 14.7. The highest BCUT2D eigenvalue weighted by atomic mass is 16.4. The zero-order chi connectivity index (χ0) is 32.0. The first-order chi connectivity index (χ1) is 20.3. The Morgan fingerprint density at radius 1 is 0.721 bits per heavy atom. The largest absolute Gasteiger partial charge is 0.480 e. The van der Waals surface area contributed by atoms with Crippen LogP contribution in [0.2, 0.25) is 0 Å². The molecule has 3 rings (SSSR count). The van der Waals surface area contributed by atoms with Gasteiger partial charge in [-0.3, -0.25) is 28.8 Å². The fourth-order valence-corrected chi connectivity index (χ4v) is 5.89. The number of nitrogens with two attached hydrogens (primary N) is 1. The minimum atomic E-state index is -1.43. The number of aliphatic hydroxyl groups excluding tert-OH is 1. The van der Waals surface area contributed by atoms with E-state index in [2.05, 4.69) is 16.0 Å². The van der Waals surface area contributed by atoms with Crippen molar-refractivity contribution in [2.24, 2.45) is 5.73 Å². The van der Waals surface area contributed by atoms with Crippen LogP contribution in [-0.4, -0.2) is 135 Å². The van der Waals surface area contributed by atoms with Crippen LogP contribution in [0.4, 0.5) is 0 Å². The first-order valence-corrected chi connectivity index (χ1v) is 14.7. The number of amides is 6. The molecule has 0 aromatic carbocycles. The summed E-state index contributed by atoms with van der Waals surface area (Å²) in [5.74, 6) is -4.63. The maximum atomic E-state index is 13.5. The SMILES string of the molecule is C[C@H](NC(=O)[C@@H]1CCCN1C(=O)CN)C(=O)N[C@H](C(=O)N1CCC[C@H]1C(=O)N[C@@H](C)C(=O)N1CCC[C@H]1C(=O)O)[C@@H](C)O. The molecule has 6 amide bonds. The lowest BCUT2D eigenvalue weighted by Gasteiger charge is -2.32. The number of nitrogens with zero attached hydrogens (tertiary/aromatic N) is 3. The molecule has 7 atom stereocenters. The van der Waals surface area contributed by atoms with Gasteiger partial charge in [0.15, 0.2) is 0 Å². The van der Waals surface area contributed by atoms with Crippen LogP contribution in [0.3, 0.4) is 0 Å². The molecule has 240 valence electrons. The number of likely N-dealkylation sites (tertiary alicyclic amines) is 3. The summed E-state index contributed by atoms with van der Waals surface area (Å²) in [5.41, 5.74) is 5.42. The molecule has 43 heavy (non-hydrogen) atoms. The maximum absolute atomic E-state index is 13.5. The second-order valence-corrected chi connectivity index (χ2v) is 11.4. The normalized spacial score (nSPS) is 24.6. The quantitative estimate of drug-likeness (QED) is 0.138. The van der Waals surface area contributed by atoms with Gasteiger partial charge in [0.1, 0.15) is 36.3 Å². The van der Waals surface area contributed by atoms with Crippen LogP contribution in [0.1, 0.15) is 59.3 Å². The molecule has 16 heteroatoms. The zero-order valence-electron chi connectivity index (χ0n) is 24.8. The second-order valence-electron chi connectivity index (χ2n) is 11.4. The molecule has 0 radical (unpaired) electrons. The Morgan fingerprint density at radius 2 is 1.19 bits per heavy atom. The number of hydrogen-bond acceptors (Lipinski definition) is 9. The number of rotatable bonds is 11. The standard InChI is InChI=1S/C27H43N7O9/c1-14(29-23(38)17-7-4-10-32(17)20(36)13-28)22(37)31-21(16(3)35)26(41)33-11-5-8-18(33)24(39)30-15(2)25(40)34-12-6-9-19(34)27(42)43/h14-19,21,35H,4-13,28H2,1-3H3,(H,29,38)(H,30,39)(H,31,37)(H,42,43)/t14-,15-,16+,17-,18-,19-,21-/m0/s1. The monoisotopic (exact) mass is 609 g/mol. The van der Waals surface area contributed by atoms with Crippen molar-refractivity contribution in [2.75, 3.05) is 26.2 Å². The summed E-state index contributed by atoms with van der Waals surface area (Å²) in [7, 11) is 0. The minimum Gasteiger partial charge on any atom is -0.480 e. The number of carbonyl (C=O) groups excluding carboxylic acids is 6. The maximum Gasteiger partial charge on any atom is 0.326 e. The predicted octanol–water partition coefficient (Wildman–Crippen LogP) is -3.12. The van der Waals surface area contributed by atoms with Gasteiger partial charge in [-0.15, -0.1) is 0 Å². The molecule has 0 aromatic rings. The van der Waals surface area contributed by atoms with Gasteiger partial charge in [-0.25, -0.2) is 4.79 Å². The van der Waals surface area contributed by atoms with Crippen LogP contribution < -0.4 is 21.7 Å². The molecule has 3 saturated heterocycles. The summed E-state index contributed by atoms with van der Waals surface area (Å²) in [6, 6.07) is -6.26. The highest BCUT2D eigenvalue weighted by Crippen LogP contribution is 2.22. The lowest BCUT2D eigenvalue weighted by Crippen LogP contribution is -2.60. The molecule has 3 heterocycles. The van der Waals surface area contributed by atoms with Crippen LogP contribution in [0.15, 0.2) is 0 Å². The van der Waals surface area contributed by atoms with Crippen molar-refractivity contribution in [3.05, 3.63) is 0 Å². The number of carboxylic acids is 1. The van der Waals surface area contributed by atoms with Gasteiger partial charge < -0.3 is 46.6 Å². The van der Waals surface area contributed by atoms with Gasteiger partial charge in [-0.05, 0) is 59.3 Å². The van der Waals surface area contributed by atoms with E-state index in [0.29, 0.717) is 38.6 Å².